The Morgan fingerprint density at radius 1 is 1.26 bits per heavy atom. The lowest BCUT2D eigenvalue weighted by molar-refractivity contribution is 0.159. The van der Waals surface area contributed by atoms with E-state index in [0.717, 1.165) is 44.3 Å². The molecule has 1 aromatic rings. The molecule has 106 valence electrons. The van der Waals surface area contributed by atoms with Crippen LogP contribution in [0.5, 0.6) is 5.75 Å². The van der Waals surface area contributed by atoms with Gasteiger partial charge in [-0.15, -0.1) is 0 Å². The quantitative estimate of drug-likeness (QED) is 0.858. The van der Waals surface area contributed by atoms with Gasteiger partial charge in [0.15, 0.2) is 0 Å². The number of nitrogens with two attached hydrogens (primary N) is 1. The van der Waals surface area contributed by atoms with Crippen LogP contribution in [-0.4, -0.2) is 29.1 Å². The van der Waals surface area contributed by atoms with Crippen LogP contribution >= 0.6 is 0 Å². The first-order valence-corrected chi connectivity index (χ1v) is 7.49. The van der Waals surface area contributed by atoms with Crippen LogP contribution in [0.25, 0.3) is 0 Å². The number of phenolic OH excluding ortho intramolecular Hbond substituents is 1. The van der Waals surface area contributed by atoms with E-state index < -0.39 is 0 Å². The lowest BCUT2D eigenvalue weighted by Crippen LogP contribution is -2.44. The molecule has 19 heavy (non-hydrogen) atoms. The number of fused-ring (bicyclic) bond motifs is 1. The van der Waals surface area contributed by atoms with Crippen molar-refractivity contribution in [2.24, 2.45) is 5.73 Å². The van der Waals surface area contributed by atoms with Gasteiger partial charge in [0.1, 0.15) is 5.75 Å². The lowest BCUT2D eigenvalue weighted by Gasteiger charge is -2.39. The largest absolute Gasteiger partial charge is 0.508 e. The van der Waals surface area contributed by atoms with E-state index in [1.807, 2.05) is 6.07 Å². The van der Waals surface area contributed by atoms with Gasteiger partial charge in [-0.3, -0.25) is 4.90 Å². The number of rotatable bonds is 5. The van der Waals surface area contributed by atoms with E-state index in [9.17, 15) is 5.11 Å². The first-order chi connectivity index (χ1) is 9.19. The van der Waals surface area contributed by atoms with Gasteiger partial charge in [-0.1, -0.05) is 26.0 Å². The number of nitrogens with zero attached hydrogens (tertiary/aromatic N) is 1. The van der Waals surface area contributed by atoms with Crippen LogP contribution in [0.3, 0.4) is 0 Å². The molecule has 2 atom stereocenters. The summed E-state index contributed by atoms with van der Waals surface area (Å²) in [5.41, 5.74) is 8.72. The van der Waals surface area contributed by atoms with Crippen LogP contribution < -0.4 is 5.73 Å². The molecule has 0 spiro atoms. The fraction of sp³-hybridized carbons (Fsp3) is 0.625. The molecule has 0 amide bonds. The van der Waals surface area contributed by atoms with Crippen LogP contribution in [0.1, 0.15) is 50.3 Å². The molecule has 3 heteroatoms. The topological polar surface area (TPSA) is 49.5 Å². The molecule has 0 saturated carbocycles. The fourth-order valence-corrected chi connectivity index (χ4v) is 3.27. The Morgan fingerprint density at radius 3 is 2.58 bits per heavy atom. The third kappa shape index (κ3) is 2.93. The van der Waals surface area contributed by atoms with Gasteiger partial charge in [0, 0.05) is 6.04 Å². The summed E-state index contributed by atoms with van der Waals surface area (Å²) >= 11 is 0. The molecule has 3 nitrogen and oxygen atoms in total. The average molecular weight is 262 g/mol. The summed E-state index contributed by atoms with van der Waals surface area (Å²) in [4.78, 5) is 2.49. The van der Waals surface area contributed by atoms with Crippen LogP contribution in [0, 0.1) is 0 Å². The monoisotopic (exact) mass is 262 g/mol. The number of benzene rings is 1. The van der Waals surface area contributed by atoms with E-state index in [2.05, 4.69) is 24.8 Å². The second-order valence-electron chi connectivity index (χ2n) is 5.53. The van der Waals surface area contributed by atoms with Gasteiger partial charge in [-0.25, -0.2) is 0 Å². The van der Waals surface area contributed by atoms with Crippen LogP contribution in [-0.2, 0) is 6.42 Å². The minimum Gasteiger partial charge on any atom is -0.508 e. The molecule has 0 heterocycles. The van der Waals surface area contributed by atoms with Gasteiger partial charge >= 0.3 is 0 Å². The minimum atomic E-state index is 0.174. The molecule has 0 aromatic heterocycles. The normalized spacial score (nSPS) is 22.5. The van der Waals surface area contributed by atoms with Gasteiger partial charge in [0.25, 0.3) is 0 Å². The minimum absolute atomic E-state index is 0.174. The molecule has 1 aliphatic carbocycles. The first-order valence-electron chi connectivity index (χ1n) is 7.49. The maximum Gasteiger partial charge on any atom is 0.119 e. The average Bonchev–Trinajstić information content (AvgIpc) is 2.39. The summed E-state index contributed by atoms with van der Waals surface area (Å²) in [5, 5.41) is 10.0. The number of hydrogen-bond acceptors (Lipinski definition) is 3. The van der Waals surface area contributed by atoms with Crippen molar-refractivity contribution in [2.45, 2.75) is 51.6 Å². The molecule has 3 N–H and O–H groups in total. The molecular weight excluding hydrogens is 236 g/mol. The van der Waals surface area contributed by atoms with Gasteiger partial charge in [-0.2, -0.15) is 0 Å². The van der Waals surface area contributed by atoms with Crippen molar-refractivity contribution in [1.29, 1.82) is 0 Å². The Morgan fingerprint density at radius 2 is 1.95 bits per heavy atom. The van der Waals surface area contributed by atoms with Crippen molar-refractivity contribution in [3.05, 3.63) is 29.3 Å². The maximum atomic E-state index is 10.0. The third-order valence-corrected chi connectivity index (χ3v) is 4.05. The zero-order valence-electron chi connectivity index (χ0n) is 12.1. The number of phenols is 1. The number of aromatic hydroxyl groups is 1. The second-order valence-corrected chi connectivity index (χ2v) is 5.53. The Bertz CT molecular complexity index is 413. The smallest absolute Gasteiger partial charge is 0.119 e. The highest BCUT2D eigenvalue weighted by molar-refractivity contribution is 5.43. The van der Waals surface area contributed by atoms with E-state index in [1.54, 1.807) is 6.07 Å². The molecule has 0 bridgehead atoms. The SMILES string of the molecule is CCCN(CCC)C1c2cccc(O)c2CCC1N. The molecule has 2 unspecified atom stereocenters. The zero-order chi connectivity index (χ0) is 13.8. The molecular formula is C16H26N2O. The highest BCUT2D eigenvalue weighted by atomic mass is 16.3. The maximum absolute atomic E-state index is 10.0. The van der Waals surface area contributed by atoms with Crippen molar-refractivity contribution in [2.75, 3.05) is 13.1 Å². The molecule has 0 fully saturated rings. The van der Waals surface area contributed by atoms with Crippen LogP contribution in [0.2, 0.25) is 0 Å². The second kappa shape index (κ2) is 6.40. The third-order valence-electron chi connectivity index (χ3n) is 4.05. The summed E-state index contributed by atoms with van der Waals surface area (Å²) in [6, 6.07) is 6.30. The lowest BCUT2D eigenvalue weighted by atomic mass is 9.83. The van der Waals surface area contributed by atoms with Gasteiger partial charge < -0.3 is 10.8 Å². The van der Waals surface area contributed by atoms with E-state index in [0.29, 0.717) is 5.75 Å². The Balaban J connectivity index is 2.35. The number of hydrogen-bond donors (Lipinski definition) is 2. The van der Waals surface area contributed by atoms with Gasteiger partial charge in [0.05, 0.1) is 6.04 Å². The predicted octanol–water partition coefficient (Wildman–Crippen LogP) is 2.83. The van der Waals surface area contributed by atoms with Gasteiger partial charge in [0.2, 0.25) is 0 Å². The molecule has 1 aromatic carbocycles. The Hall–Kier alpha value is -1.06. The summed E-state index contributed by atoms with van der Waals surface area (Å²) in [7, 11) is 0. The Kier molecular flexibility index (Phi) is 4.83. The first kappa shape index (κ1) is 14.4. The van der Waals surface area contributed by atoms with Gasteiger partial charge in [-0.05, 0) is 56.0 Å². The van der Waals surface area contributed by atoms with E-state index in [-0.39, 0.29) is 12.1 Å². The van der Waals surface area contributed by atoms with E-state index >= 15 is 0 Å². The molecule has 0 saturated heterocycles. The summed E-state index contributed by atoms with van der Waals surface area (Å²) < 4.78 is 0. The van der Waals surface area contributed by atoms with Crippen molar-refractivity contribution in [1.82, 2.24) is 4.90 Å². The van der Waals surface area contributed by atoms with Crippen molar-refractivity contribution < 1.29 is 5.11 Å². The van der Waals surface area contributed by atoms with Crippen LogP contribution in [0.15, 0.2) is 18.2 Å². The van der Waals surface area contributed by atoms with Crippen molar-refractivity contribution in [3.63, 3.8) is 0 Å². The molecule has 1 aliphatic rings. The van der Waals surface area contributed by atoms with Crippen molar-refractivity contribution >= 4 is 0 Å². The highest BCUT2D eigenvalue weighted by Gasteiger charge is 2.32. The highest BCUT2D eigenvalue weighted by Crippen LogP contribution is 2.37. The predicted molar refractivity (Wildman–Crippen MR) is 79.3 cm³/mol. The fourth-order valence-electron chi connectivity index (χ4n) is 3.27. The Labute approximate surface area is 116 Å². The van der Waals surface area contributed by atoms with E-state index in [4.69, 9.17) is 5.73 Å². The van der Waals surface area contributed by atoms with Crippen LogP contribution in [0.4, 0.5) is 0 Å². The summed E-state index contributed by atoms with van der Waals surface area (Å²) in [6.07, 6.45) is 4.12. The summed E-state index contributed by atoms with van der Waals surface area (Å²) in [6.45, 7) is 6.56. The van der Waals surface area contributed by atoms with Crippen molar-refractivity contribution in [3.8, 4) is 5.75 Å². The molecule has 2 rings (SSSR count). The zero-order valence-corrected chi connectivity index (χ0v) is 12.1. The standard InChI is InChI=1S/C16H26N2O/c1-3-10-18(11-4-2)16-13-6-5-7-15(19)12(13)8-9-14(16)17/h5-7,14,16,19H,3-4,8-11,17H2,1-2H3. The summed E-state index contributed by atoms with van der Waals surface area (Å²) in [5.74, 6) is 0.433. The van der Waals surface area contributed by atoms with E-state index in [1.165, 1.54) is 5.56 Å². The molecule has 0 radical (unpaired) electrons. The molecule has 0 aliphatic heterocycles.